The zero-order valence-electron chi connectivity index (χ0n) is 8.78. The van der Waals surface area contributed by atoms with Crippen LogP contribution in [0.5, 0.6) is 0 Å². The van der Waals surface area contributed by atoms with Gasteiger partial charge in [-0.05, 0) is 5.56 Å². The topological polar surface area (TPSA) is 46.5 Å². The van der Waals surface area contributed by atoms with Crippen LogP contribution in [-0.2, 0) is 16.1 Å². The zero-order chi connectivity index (χ0) is 11.4. The highest BCUT2D eigenvalue weighted by molar-refractivity contribution is 8.00. The second-order valence-electron chi connectivity index (χ2n) is 3.76. The van der Waals surface area contributed by atoms with E-state index in [1.165, 1.54) is 11.8 Å². The van der Waals surface area contributed by atoms with Gasteiger partial charge in [0.1, 0.15) is 12.4 Å². The number of benzene rings is 1. The Balaban J connectivity index is 1.92. The fourth-order valence-corrected chi connectivity index (χ4v) is 2.84. The van der Waals surface area contributed by atoms with E-state index in [0.29, 0.717) is 12.4 Å². The molecule has 3 nitrogen and oxygen atoms in total. The molecule has 86 valence electrons. The lowest BCUT2D eigenvalue weighted by molar-refractivity contribution is -0.112. The smallest absolute Gasteiger partial charge is 0.135 e. The molecule has 2 rings (SSSR count). The summed E-state index contributed by atoms with van der Waals surface area (Å²) in [4.78, 5) is 10.8. The summed E-state index contributed by atoms with van der Waals surface area (Å²) in [6.45, 7) is 0.438. The van der Waals surface area contributed by atoms with E-state index in [-0.39, 0.29) is 11.4 Å². The summed E-state index contributed by atoms with van der Waals surface area (Å²) in [6.07, 6.45) is -0.0529. The van der Waals surface area contributed by atoms with Crippen LogP contribution in [0.1, 0.15) is 5.56 Å². The quantitative estimate of drug-likeness (QED) is 0.802. The first kappa shape index (κ1) is 11.6. The summed E-state index contributed by atoms with van der Waals surface area (Å²) in [7, 11) is 0. The Morgan fingerprint density at radius 3 is 2.88 bits per heavy atom. The van der Waals surface area contributed by atoms with Gasteiger partial charge in [0.05, 0.1) is 18.0 Å². The highest BCUT2D eigenvalue weighted by Gasteiger charge is 2.36. The van der Waals surface area contributed by atoms with Gasteiger partial charge in [-0.25, -0.2) is 0 Å². The van der Waals surface area contributed by atoms with Crippen molar-refractivity contribution in [1.82, 2.24) is 0 Å². The van der Waals surface area contributed by atoms with E-state index in [9.17, 15) is 9.90 Å². The molecule has 1 saturated heterocycles. The molecule has 0 unspecified atom stereocenters. The molecular formula is C12H14O3S. The van der Waals surface area contributed by atoms with Crippen molar-refractivity contribution in [3.05, 3.63) is 35.9 Å². The van der Waals surface area contributed by atoms with Crippen LogP contribution in [0.3, 0.4) is 0 Å². The number of thioether (sulfide) groups is 1. The Morgan fingerprint density at radius 2 is 2.19 bits per heavy atom. The predicted octanol–water partition coefficient (Wildman–Crippen LogP) is 1.25. The first-order valence-corrected chi connectivity index (χ1v) is 6.26. The zero-order valence-corrected chi connectivity index (χ0v) is 9.60. The maximum atomic E-state index is 10.8. The summed E-state index contributed by atoms with van der Waals surface area (Å²) >= 11 is 1.45. The second kappa shape index (κ2) is 5.48. The van der Waals surface area contributed by atoms with E-state index in [1.54, 1.807) is 0 Å². The lowest BCUT2D eigenvalue weighted by Gasteiger charge is -2.18. The average Bonchev–Trinajstić information content (AvgIpc) is 2.69. The molecule has 0 radical (unpaired) electrons. The van der Waals surface area contributed by atoms with Gasteiger partial charge in [0, 0.05) is 5.75 Å². The SMILES string of the molecule is O=C[C@H]1SC[C@@H](O)[C@@H]1OCc1ccccc1. The fraction of sp³-hybridized carbons (Fsp3) is 0.417. The molecule has 16 heavy (non-hydrogen) atoms. The van der Waals surface area contributed by atoms with Gasteiger partial charge in [-0.2, -0.15) is 0 Å². The Morgan fingerprint density at radius 1 is 1.44 bits per heavy atom. The number of carbonyl (C=O) groups excluding carboxylic acids is 1. The fourth-order valence-electron chi connectivity index (χ4n) is 1.71. The first-order valence-electron chi connectivity index (χ1n) is 5.22. The van der Waals surface area contributed by atoms with Crippen LogP contribution in [0.2, 0.25) is 0 Å². The van der Waals surface area contributed by atoms with Crippen LogP contribution < -0.4 is 0 Å². The molecule has 1 aliphatic heterocycles. The molecular weight excluding hydrogens is 224 g/mol. The van der Waals surface area contributed by atoms with Gasteiger partial charge in [0.2, 0.25) is 0 Å². The molecule has 0 amide bonds. The molecule has 0 bridgehead atoms. The number of carbonyl (C=O) groups is 1. The molecule has 1 N–H and O–H groups in total. The predicted molar refractivity (Wildman–Crippen MR) is 63.3 cm³/mol. The lowest BCUT2D eigenvalue weighted by Crippen LogP contribution is -2.33. The second-order valence-corrected chi connectivity index (χ2v) is 4.97. The molecule has 1 aromatic rings. The van der Waals surface area contributed by atoms with Gasteiger partial charge in [0.25, 0.3) is 0 Å². The van der Waals surface area contributed by atoms with Crippen LogP contribution in [0.4, 0.5) is 0 Å². The van der Waals surface area contributed by atoms with Crippen molar-refractivity contribution in [2.75, 3.05) is 5.75 Å². The number of hydrogen-bond acceptors (Lipinski definition) is 4. The molecule has 0 aromatic heterocycles. The summed E-state index contributed by atoms with van der Waals surface area (Å²) in [5.74, 6) is 0.572. The number of aliphatic hydroxyl groups excluding tert-OH is 1. The summed E-state index contributed by atoms with van der Waals surface area (Å²) < 4.78 is 5.60. The largest absolute Gasteiger partial charge is 0.389 e. The minimum atomic E-state index is -0.538. The maximum Gasteiger partial charge on any atom is 0.135 e. The van der Waals surface area contributed by atoms with E-state index in [2.05, 4.69) is 0 Å². The Bertz CT molecular complexity index is 341. The third-order valence-corrected chi connectivity index (χ3v) is 3.88. The number of aldehydes is 1. The molecule has 3 atom stereocenters. The van der Waals surface area contributed by atoms with Crippen LogP contribution in [0, 0.1) is 0 Å². The van der Waals surface area contributed by atoms with E-state index in [4.69, 9.17) is 4.74 Å². The van der Waals surface area contributed by atoms with Crippen molar-refractivity contribution in [3.8, 4) is 0 Å². The van der Waals surface area contributed by atoms with Crippen molar-refractivity contribution in [1.29, 1.82) is 0 Å². The maximum absolute atomic E-state index is 10.8. The minimum Gasteiger partial charge on any atom is -0.389 e. The third kappa shape index (κ3) is 2.64. The Kier molecular flexibility index (Phi) is 3.98. The van der Waals surface area contributed by atoms with Gasteiger partial charge in [-0.1, -0.05) is 30.3 Å². The van der Waals surface area contributed by atoms with Crippen molar-refractivity contribution in [2.45, 2.75) is 24.1 Å². The van der Waals surface area contributed by atoms with E-state index < -0.39 is 6.10 Å². The molecule has 1 fully saturated rings. The lowest BCUT2D eigenvalue weighted by atomic mass is 10.1. The summed E-state index contributed by atoms with van der Waals surface area (Å²) in [5, 5.41) is 9.43. The normalized spacial score (nSPS) is 29.2. The number of hydrogen-bond donors (Lipinski definition) is 1. The standard InChI is InChI=1S/C12H14O3S/c13-6-11-12(10(14)8-16-11)15-7-9-4-2-1-3-5-9/h1-6,10-12,14H,7-8H2/t10-,11-,12+/m1/s1. The highest BCUT2D eigenvalue weighted by atomic mass is 32.2. The molecule has 1 aliphatic rings. The monoisotopic (exact) mass is 238 g/mol. The van der Waals surface area contributed by atoms with Crippen LogP contribution >= 0.6 is 11.8 Å². The van der Waals surface area contributed by atoms with Gasteiger partial charge in [-0.15, -0.1) is 11.8 Å². The molecule has 0 spiro atoms. The minimum absolute atomic E-state index is 0.237. The molecule has 0 saturated carbocycles. The molecule has 1 aromatic carbocycles. The van der Waals surface area contributed by atoms with Crippen LogP contribution in [-0.4, -0.2) is 34.6 Å². The number of rotatable bonds is 4. The Labute approximate surface area is 98.8 Å². The van der Waals surface area contributed by atoms with Crippen molar-refractivity contribution in [3.63, 3.8) is 0 Å². The van der Waals surface area contributed by atoms with Crippen LogP contribution in [0.15, 0.2) is 30.3 Å². The van der Waals surface area contributed by atoms with E-state index >= 15 is 0 Å². The molecule has 4 heteroatoms. The molecule has 1 heterocycles. The van der Waals surface area contributed by atoms with Crippen molar-refractivity contribution in [2.24, 2.45) is 0 Å². The third-order valence-electron chi connectivity index (χ3n) is 2.58. The van der Waals surface area contributed by atoms with E-state index in [1.807, 2.05) is 30.3 Å². The van der Waals surface area contributed by atoms with Crippen LogP contribution in [0.25, 0.3) is 0 Å². The van der Waals surface area contributed by atoms with Gasteiger partial charge >= 0.3 is 0 Å². The first-order chi connectivity index (χ1) is 7.81. The van der Waals surface area contributed by atoms with Gasteiger partial charge in [0.15, 0.2) is 0 Å². The van der Waals surface area contributed by atoms with Gasteiger partial charge < -0.3 is 14.6 Å². The van der Waals surface area contributed by atoms with Gasteiger partial charge in [-0.3, -0.25) is 0 Å². The van der Waals surface area contributed by atoms with Crippen molar-refractivity contribution >= 4 is 18.0 Å². The average molecular weight is 238 g/mol. The molecule has 0 aliphatic carbocycles. The van der Waals surface area contributed by atoms with E-state index in [0.717, 1.165) is 11.8 Å². The summed E-state index contributed by atoms with van der Waals surface area (Å²) in [6, 6.07) is 9.75. The highest BCUT2D eigenvalue weighted by Crippen LogP contribution is 2.28. The van der Waals surface area contributed by atoms with Crippen molar-refractivity contribution < 1.29 is 14.6 Å². The number of ether oxygens (including phenoxy) is 1. The summed E-state index contributed by atoms with van der Waals surface area (Å²) in [5.41, 5.74) is 1.05. The number of aliphatic hydroxyl groups is 1. The Hall–Kier alpha value is -0.840.